The first-order valence-electron chi connectivity index (χ1n) is 5.58. The molecule has 1 aromatic rings. The number of amides is 2. The number of nitrogen functional groups attached to an aromatic ring is 1. The lowest BCUT2D eigenvalue weighted by Gasteiger charge is -2.13. The van der Waals surface area contributed by atoms with Gasteiger partial charge in [-0.25, -0.2) is 0 Å². The lowest BCUT2D eigenvalue weighted by atomic mass is 10.1. The van der Waals surface area contributed by atoms with Crippen LogP contribution in [0.2, 0.25) is 0 Å². The van der Waals surface area contributed by atoms with Crippen molar-refractivity contribution in [3.05, 3.63) is 28.2 Å². The van der Waals surface area contributed by atoms with Crippen LogP contribution in [0, 0.1) is 0 Å². The molecule has 1 unspecified atom stereocenters. The van der Waals surface area contributed by atoms with E-state index in [2.05, 4.69) is 26.6 Å². The third kappa shape index (κ3) is 4.03. The van der Waals surface area contributed by atoms with Crippen LogP contribution >= 0.6 is 15.9 Å². The Morgan fingerprint density at radius 2 is 2.06 bits per heavy atom. The van der Waals surface area contributed by atoms with Crippen molar-refractivity contribution in [2.24, 2.45) is 0 Å². The predicted molar refractivity (Wildman–Crippen MR) is 74.2 cm³/mol. The fraction of sp³-hybridized carbons (Fsp3) is 0.333. The molecule has 0 aliphatic carbocycles. The number of rotatable bonds is 4. The molecule has 0 fully saturated rings. The molecular weight excluding hydrogens is 298 g/mol. The van der Waals surface area contributed by atoms with E-state index in [0.29, 0.717) is 17.8 Å². The fourth-order valence-corrected chi connectivity index (χ4v) is 1.93. The lowest BCUT2D eigenvalue weighted by Crippen LogP contribution is -2.44. The molecule has 0 saturated carbocycles. The predicted octanol–water partition coefficient (Wildman–Crippen LogP) is 1.29. The van der Waals surface area contributed by atoms with Gasteiger partial charge in [-0.15, -0.1) is 0 Å². The summed E-state index contributed by atoms with van der Waals surface area (Å²) in [4.78, 5) is 23.4. The Bertz CT molecular complexity index is 442. The minimum absolute atomic E-state index is 0.214. The second kappa shape index (κ2) is 6.39. The minimum Gasteiger partial charge on any atom is -0.399 e. The average Bonchev–Trinajstić information content (AvgIpc) is 2.27. The largest absolute Gasteiger partial charge is 0.399 e. The molecule has 0 spiro atoms. The molecule has 0 aromatic heterocycles. The summed E-state index contributed by atoms with van der Waals surface area (Å²) in [6.45, 7) is 3.98. The van der Waals surface area contributed by atoms with E-state index in [0.717, 1.165) is 4.47 Å². The number of hydrogen-bond acceptors (Lipinski definition) is 3. The van der Waals surface area contributed by atoms with E-state index in [9.17, 15) is 9.59 Å². The summed E-state index contributed by atoms with van der Waals surface area (Å²) >= 11 is 3.26. The summed E-state index contributed by atoms with van der Waals surface area (Å²) < 4.78 is 0.721. The van der Waals surface area contributed by atoms with Gasteiger partial charge in [0.1, 0.15) is 6.04 Å². The van der Waals surface area contributed by atoms with Crippen LogP contribution in [-0.2, 0) is 4.79 Å². The molecule has 0 bridgehead atoms. The number of likely N-dealkylation sites (N-methyl/N-ethyl adjacent to an activating group) is 1. The van der Waals surface area contributed by atoms with E-state index >= 15 is 0 Å². The lowest BCUT2D eigenvalue weighted by molar-refractivity contribution is -0.122. The molecule has 5 nitrogen and oxygen atoms in total. The molecule has 0 aliphatic rings. The molecule has 0 radical (unpaired) electrons. The van der Waals surface area contributed by atoms with Crippen LogP contribution in [0.25, 0.3) is 0 Å². The first kappa shape index (κ1) is 14.5. The molecule has 1 aromatic carbocycles. The Kier molecular flexibility index (Phi) is 5.15. The first-order valence-corrected chi connectivity index (χ1v) is 6.38. The van der Waals surface area contributed by atoms with Crippen molar-refractivity contribution in [2.45, 2.75) is 19.9 Å². The van der Waals surface area contributed by atoms with Gasteiger partial charge in [0.25, 0.3) is 5.91 Å². The quantitative estimate of drug-likeness (QED) is 0.732. The van der Waals surface area contributed by atoms with Crippen LogP contribution < -0.4 is 16.4 Å². The second-order valence-corrected chi connectivity index (χ2v) is 4.78. The van der Waals surface area contributed by atoms with Gasteiger partial charge in [-0.2, -0.15) is 0 Å². The molecule has 18 heavy (non-hydrogen) atoms. The van der Waals surface area contributed by atoms with E-state index in [1.165, 1.54) is 0 Å². The number of benzene rings is 1. The molecule has 1 rings (SSSR count). The van der Waals surface area contributed by atoms with E-state index in [1.807, 2.05) is 6.92 Å². The van der Waals surface area contributed by atoms with Gasteiger partial charge in [-0.3, -0.25) is 9.59 Å². The summed E-state index contributed by atoms with van der Waals surface area (Å²) in [6, 6.07) is 4.32. The van der Waals surface area contributed by atoms with E-state index in [-0.39, 0.29) is 11.8 Å². The maximum absolute atomic E-state index is 11.9. The average molecular weight is 314 g/mol. The molecule has 0 heterocycles. The molecule has 6 heteroatoms. The van der Waals surface area contributed by atoms with E-state index in [4.69, 9.17) is 5.73 Å². The van der Waals surface area contributed by atoms with Gasteiger partial charge in [0.05, 0.1) is 0 Å². The van der Waals surface area contributed by atoms with Crippen molar-refractivity contribution in [3.63, 3.8) is 0 Å². The van der Waals surface area contributed by atoms with Gasteiger partial charge in [-0.05, 0) is 32.0 Å². The SMILES string of the molecule is CCNC(=O)C(C)NC(=O)c1cc(N)cc(Br)c1. The van der Waals surface area contributed by atoms with Crippen LogP contribution in [0.3, 0.4) is 0 Å². The zero-order valence-corrected chi connectivity index (χ0v) is 11.9. The molecular formula is C12H16BrN3O2. The van der Waals surface area contributed by atoms with E-state index in [1.54, 1.807) is 25.1 Å². The Morgan fingerprint density at radius 3 is 2.61 bits per heavy atom. The van der Waals surface area contributed by atoms with Crippen molar-refractivity contribution in [2.75, 3.05) is 12.3 Å². The number of nitrogens with one attached hydrogen (secondary N) is 2. The fourth-order valence-electron chi connectivity index (χ4n) is 1.42. The second-order valence-electron chi connectivity index (χ2n) is 3.86. The highest BCUT2D eigenvalue weighted by Gasteiger charge is 2.16. The first-order chi connectivity index (χ1) is 8.43. The molecule has 4 N–H and O–H groups in total. The third-order valence-electron chi connectivity index (χ3n) is 2.27. The normalized spacial score (nSPS) is 11.7. The van der Waals surface area contributed by atoms with Crippen molar-refractivity contribution in [1.29, 1.82) is 0 Å². The number of anilines is 1. The smallest absolute Gasteiger partial charge is 0.252 e. The van der Waals surface area contributed by atoms with Crippen LogP contribution in [-0.4, -0.2) is 24.4 Å². The molecule has 0 aliphatic heterocycles. The number of halogens is 1. The van der Waals surface area contributed by atoms with Crippen LogP contribution in [0.4, 0.5) is 5.69 Å². The summed E-state index contributed by atoms with van der Waals surface area (Å²) in [5.74, 6) is -0.546. The molecule has 2 amide bonds. The molecule has 1 atom stereocenters. The topological polar surface area (TPSA) is 84.2 Å². The summed E-state index contributed by atoms with van der Waals surface area (Å²) in [6.07, 6.45) is 0. The van der Waals surface area contributed by atoms with Gasteiger partial charge in [0.2, 0.25) is 5.91 Å². The molecule has 0 saturated heterocycles. The zero-order chi connectivity index (χ0) is 13.7. The zero-order valence-electron chi connectivity index (χ0n) is 10.3. The maximum Gasteiger partial charge on any atom is 0.252 e. The van der Waals surface area contributed by atoms with Gasteiger partial charge in [0.15, 0.2) is 0 Å². The maximum atomic E-state index is 11.9. The van der Waals surface area contributed by atoms with Gasteiger partial charge in [0, 0.05) is 22.3 Å². The van der Waals surface area contributed by atoms with Crippen LogP contribution in [0.5, 0.6) is 0 Å². The molecule has 98 valence electrons. The number of hydrogen-bond donors (Lipinski definition) is 3. The summed E-state index contributed by atoms with van der Waals surface area (Å²) in [5.41, 5.74) is 6.55. The highest BCUT2D eigenvalue weighted by Crippen LogP contribution is 2.17. The minimum atomic E-state index is -0.586. The highest BCUT2D eigenvalue weighted by molar-refractivity contribution is 9.10. The number of carbonyl (C=O) groups is 2. The van der Waals surface area contributed by atoms with Crippen LogP contribution in [0.1, 0.15) is 24.2 Å². The summed E-state index contributed by atoms with van der Waals surface area (Å²) in [7, 11) is 0. The van der Waals surface area contributed by atoms with Gasteiger partial charge >= 0.3 is 0 Å². The van der Waals surface area contributed by atoms with Gasteiger partial charge in [-0.1, -0.05) is 15.9 Å². The number of carbonyl (C=O) groups excluding carboxylic acids is 2. The highest BCUT2D eigenvalue weighted by atomic mass is 79.9. The summed E-state index contributed by atoms with van der Waals surface area (Å²) in [5, 5.41) is 5.25. The Balaban J connectivity index is 2.73. The van der Waals surface area contributed by atoms with E-state index < -0.39 is 6.04 Å². The number of nitrogens with two attached hydrogens (primary N) is 1. The Hall–Kier alpha value is -1.56. The Labute approximate surface area is 114 Å². The van der Waals surface area contributed by atoms with Gasteiger partial charge < -0.3 is 16.4 Å². The van der Waals surface area contributed by atoms with Crippen molar-refractivity contribution in [1.82, 2.24) is 10.6 Å². The third-order valence-corrected chi connectivity index (χ3v) is 2.73. The Morgan fingerprint density at radius 1 is 1.39 bits per heavy atom. The van der Waals surface area contributed by atoms with Crippen LogP contribution in [0.15, 0.2) is 22.7 Å². The standard InChI is InChI=1S/C12H16BrN3O2/c1-3-15-11(17)7(2)16-12(18)8-4-9(13)6-10(14)5-8/h4-7H,3,14H2,1-2H3,(H,15,17)(H,16,18). The monoisotopic (exact) mass is 313 g/mol. The van der Waals surface area contributed by atoms with Crippen molar-refractivity contribution >= 4 is 33.4 Å². The van der Waals surface area contributed by atoms with Crippen molar-refractivity contribution < 1.29 is 9.59 Å². The van der Waals surface area contributed by atoms with Crippen molar-refractivity contribution in [3.8, 4) is 0 Å².